The summed E-state index contributed by atoms with van der Waals surface area (Å²) in [7, 11) is 0. The summed E-state index contributed by atoms with van der Waals surface area (Å²) in [4.78, 5) is 6.80. The second-order valence-corrected chi connectivity index (χ2v) is 9.07. The minimum Gasteiger partial charge on any atom is -0.785 e. The quantitative estimate of drug-likeness (QED) is 0.452. The number of alkyl halides is 3. The Labute approximate surface area is 175 Å². The number of thioether (sulfide) groups is 1. The molecule has 0 atom stereocenters. The van der Waals surface area contributed by atoms with Crippen LogP contribution in [-0.4, -0.2) is 16.6 Å². The van der Waals surface area contributed by atoms with Crippen LogP contribution in [0, 0.1) is 12.1 Å². The summed E-state index contributed by atoms with van der Waals surface area (Å²) < 4.78 is 38.2. The summed E-state index contributed by atoms with van der Waals surface area (Å²) in [6.45, 7) is 2.91. The fourth-order valence-corrected chi connectivity index (χ4v) is 5.40. The number of hydrogen-bond acceptors (Lipinski definition) is 5. The van der Waals surface area contributed by atoms with Gasteiger partial charge < -0.3 is 10.3 Å². The summed E-state index contributed by atoms with van der Waals surface area (Å²) in [5.41, 5.74) is 3.26. The lowest BCUT2D eigenvalue weighted by atomic mass is 10.0. The van der Waals surface area contributed by atoms with Gasteiger partial charge in [-0.1, -0.05) is 18.2 Å². The molecule has 4 rings (SSSR count). The van der Waals surface area contributed by atoms with E-state index in [-0.39, 0.29) is 0 Å². The third-order valence-corrected chi connectivity index (χ3v) is 7.29. The minimum atomic E-state index is -4.33. The van der Waals surface area contributed by atoms with Crippen LogP contribution in [0.3, 0.4) is 0 Å². The van der Waals surface area contributed by atoms with Gasteiger partial charge in [0.25, 0.3) is 0 Å². The number of rotatable bonds is 4. The van der Waals surface area contributed by atoms with Crippen molar-refractivity contribution in [3.05, 3.63) is 74.9 Å². The molecule has 0 aliphatic carbocycles. The van der Waals surface area contributed by atoms with E-state index in [1.54, 1.807) is 11.8 Å². The van der Waals surface area contributed by atoms with Crippen LogP contribution in [0.15, 0.2) is 47.4 Å². The van der Waals surface area contributed by atoms with Crippen LogP contribution in [0.25, 0.3) is 10.6 Å². The van der Waals surface area contributed by atoms with Gasteiger partial charge >= 0.3 is 6.18 Å². The number of hydrogen-bond donors (Lipinski definition) is 0. The number of thiazole rings is 1. The molecule has 2 heterocycles. The first-order chi connectivity index (χ1) is 13.8. The maximum atomic E-state index is 12.7. The predicted molar refractivity (Wildman–Crippen MR) is 111 cm³/mol. The molecule has 1 aliphatic heterocycles. The Kier molecular flexibility index (Phi) is 5.70. The average Bonchev–Trinajstić information content (AvgIpc) is 3.06. The first-order valence-corrected chi connectivity index (χ1v) is 10.9. The minimum absolute atomic E-state index is 0.449. The highest BCUT2D eigenvalue weighted by atomic mass is 32.2. The van der Waals surface area contributed by atoms with Crippen LogP contribution in [0.4, 0.5) is 13.2 Å². The summed E-state index contributed by atoms with van der Waals surface area (Å²) in [5.74, 6) is 0.747. The molecule has 0 spiro atoms. The van der Waals surface area contributed by atoms with Crippen molar-refractivity contribution < 1.29 is 13.2 Å². The standard InChI is InChI=1S/C21H18F3N2OS2/c1-13-19(12-28-18-7-4-16-11-26(27)9-8-15(16)10-18)29-20(25-13)14-2-5-17(6-3-14)21(22,23)24/h2-7,10H,8-9,11-12H2,1H3/q-1. The van der Waals surface area contributed by atoms with Crippen molar-refractivity contribution in [1.82, 2.24) is 10.0 Å². The number of nitrogens with zero attached hydrogens (tertiary/aromatic N) is 2. The van der Waals surface area contributed by atoms with Crippen molar-refractivity contribution in [2.75, 3.05) is 6.54 Å². The smallest absolute Gasteiger partial charge is 0.416 e. The molecule has 8 heteroatoms. The molecule has 3 aromatic rings. The molecule has 0 bridgehead atoms. The highest BCUT2D eigenvalue weighted by Crippen LogP contribution is 2.35. The zero-order valence-electron chi connectivity index (χ0n) is 15.6. The molecule has 2 aromatic carbocycles. The molecule has 0 fully saturated rings. The number of aryl methyl sites for hydroxylation is 1. The van der Waals surface area contributed by atoms with Gasteiger partial charge in [-0.2, -0.15) is 13.2 Å². The summed E-state index contributed by atoms with van der Waals surface area (Å²) in [6.07, 6.45) is -3.56. The van der Waals surface area contributed by atoms with Gasteiger partial charge in [0.2, 0.25) is 0 Å². The van der Waals surface area contributed by atoms with Gasteiger partial charge in [0, 0.05) is 27.6 Å². The van der Waals surface area contributed by atoms with Gasteiger partial charge in [-0.3, -0.25) is 0 Å². The second kappa shape index (κ2) is 8.10. The molecule has 1 aromatic heterocycles. The van der Waals surface area contributed by atoms with Crippen molar-refractivity contribution in [3.8, 4) is 10.6 Å². The zero-order chi connectivity index (χ0) is 20.6. The van der Waals surface area contributed by atoms with Crippen molar-refractivity contribution >= 4 is 23.1 Å². The van der Waals surface area contributed by atoms with Gasteiger partial charge in [-0.25, -0.2) is 4.98 Å². The maximum Gasteiger partial charge on any atom is 0.416 e. The van der Waals surface area contributed by atoms with E-state index in [0.717, 1.165) is 55.4 Å². The molecule has 0 amide bonds. The van der Waals surface area contributed by atoms with Gasteiger partial charge in [-0.05, 0) is 55.3 Å². The largest absolute Gasteiger partial charge is 0.785 e. The Hall–Kier alpha value is -1.87. The van der Waals surface area contributed by atoms with E-state index in [1.807, 2.05) is 19.1 Å². The lowest BCUT2D eigenvalue weighted by Gasteiger charge is -2.33. The van der Waals surface area contributed by atoms with Crippen molar-refractivity contribution in [3.63, 3.8) is 0 Å². The Bertz CT molecular complexity index is 1020. The maximum absolute atomic E-state index is 12.7. The first-order valence-electron chi connectivity index (χ1n) is 9.10. The lowest BCUT2D eigenvalue weighted by molar-refractivity contribution is -0.137. The first kappa shape index (κ1) is 20.4. The molecule has 152 valence electrons. The van der Waals surface area contributed by atoms with E-state index in [1.165, 1.54) is 29.0 Å². The number of halogens is 3. The van der Waals surface area contributed by atoms with E-state index in [4.69, 9.17) is 0 Å². The number of benzene rings is 2. The molecular weight excluding hydrogens is 417 g/mol. The van der Waals surface area contributed by atoms with Crippen molar-refractivity contribution in [2.24, 2.45) is 0 Å². The summed E-state index contributed by atoms with van der Waals surface area (Å²) in [6, 6.07) is 11.3. The fourth-order valence-electron chi connectivity index (χ4n) is 3.23. The predicted octanol–water partition coefficient (Wildman–Crippen LogP) is 6.29. The SMILES string of the molecule is Cc1nc(-c2ccc(C(F)(F)F)cc2)sc1CSc1ccc2c(c1)CCN([O-])C2. The zero-order valence-corrected chi connectivity index (χ0v) is 17.3. The van der Waals surface area contributed by atoms with Crippen molar-refractivity contribution in [1.29, 1.82) is 0 Å². The van der Waals surface area contributed by atoms with E-state index in [9.17, 15) is 18.4 Å². The van der Waals surface area contributed by atoms with Crippen molar-refractivity contribution in [2.45, 2.75) is 36.7 Å². The van der Waals surface area contributed by atoms with E-state index < -0.39 is 11.7 Å². The van der Waals surface area contributed by atoms with Crippen LogP contribution in [0.5, 0.6) is 0 Å². The Morgan fingerprint density at radius 1 is 1.14 bits per heavy atom. The highest BCUT2D eigenvalue weighted by molar-refractivity contribution is 7.98. The summed E-state index contributed by atoms with van der Waals surface area (Å²) in [5, 5.41) is 13.3. The van der Waals surface area contributed by atoms with Gasteiger partial charge in [0.05, 0.1) is 11.3 Å². The number of fused-ring (bicyclic) bond motifs is 1. The van der Waals surface area contributed by atoms with E-state index in [2.05, 4.69) is 11.1 Å². The number of hydroxylamine groups is 2. The molecule has 1 aliphatic rings. The van der Waals surface area contributed by atoms with E-state index >= 15 is 0 Å². The van der Waals surface area contributed by atoms with Crippen LogP contribution >= 0.6 is 23.1 Å². The third-order valence-electron chi connectivity index (χ3n) is 4.88. The Morgan fingerprint density at radius 3 is 2.62 bits per heavy atom. The monoisotopic (exact) mass is 435 g/mol. The molecule has 0 saturated carbocycles. The van der Waals surface area contributed by atoms with Gasteiger partial charge in [0.1, 0.15) is 5.01 Å². The number of aromatic nitrogens is 1. The molecule has 29 heavy (non-hydrogen) atoms. The second-order valence-electron chi connectivity index (χ2n) is 6.94. The van der Waals surface area contributed by atoms with E-state index in [0.29, 0.717) is 18.7 Å². The fraction of sp³-hybridized carbons (Fsp3) is 0.286. The van der Waals surface area contributed by atoms with Crippen LogP contribution in [0.2, 0.25) is 0 Å². The van der Waals surface area contributed by atoms with Gasteiger partial charge in [0.15, 0.2) is 0 Å². The van der Waals surface area contributed by atoms with Gasteiger partial charge in [-0.15, -0.1) is 23.1 Å². The normalized spacial score (nSPS) is 14.8. The topological polar surface area (TPSA) is 39.2 Å². The molecular formula is C21H18F3N2OS2-. The average molecular weight is 436 g/mol. The molecule has 0 unspecified atom stereocenters. The third kappa shape index (κ3) is 4.66. The molecule has 0 N–H and O–H groups in total. The van der Waals surface area contributed by atoms with Crippen LogP contribution in [0.1, 0.15) is 27.3 Å². The molecule has 0 radical (unpaired) electrons. The molecule has 3 nitrogen and oxygen atoms in total. The summed E-state index contributed by atoms with van der Waals surface area (Å²) >= 11 is 3.22. The lowest BCUT2D eigenvalue weighted by Crippen LogP contribution is -2.24. The molecule has 0 saturated heterocycles. The Morgan fingerprint density at radius 2 is 1.90 bits per heavy atom. The highest BCUT2D eigenvalue weighted by Gasteiger charge is 2.30. The van der Waals surface area contributed by atoms with Crippen LogP contribution < -0.4 is 0 Å². The Balaban J connectivity index is 1.46. The van der Waals surface area contributed by atoms with Crippen LogP contribution in [-0.2, 0) is 24.9 Å².